The second kappa shape index (κ2) is 7.18. The Morgan fingerprint density at radius 1 is 0.778 bits per heavy atom. The lowest BCUT2D eigenvalue weighted by molar-refractivity contribution is -0.0131. The molecule has 2 nitrogen and oxygen atoms in total. The third-order valence-electron chi connectivity index (χ3n) is 8.83. The Bertz CT molecular complexity index is 618. The predicted octanol–water partition coefficient (Wildman–Crippen LogP) is 7.52. The normalized spacial score (nSPS) is 34.4. The standard InChI is InChI=1S/C25H40O2/c1-9-22(3,4)24(7)18(13-11-15-20(24)26)17-19-14-12-16-21(27)25(19,8)23(5,6)10-2/h11-16,18-19,26-27H,9-10,17H2,1-8H3. The molecule has 27 heavy (non-hydrogen) atoms. The first-order chi connectivity index (χ1) is 12.4. The summed E-state index contributed by atoms with van der Waals surface area (Å²) in [5.41, 5.74) is -0.706. The van der Waals surface area contributed by atoms with Gasteiger partial charge in [-0.1, -0.05) is 92.5 Å². The van der Waals surface area contributed by atoms with E-state index in [4.69, 9.17) is 0 Å². The van der Waals surface area contributed by atoms with Crippen molar-refractivity contribution in [2.45, 2.75) is 74.7 Å². The Morgan fingerprint density at radius 2 is 1.11 bits per heavy atom. The Balaban J connectivity index is 2.47. The molecule has 2 aliphatic rings. The molecule has 2 aliphatic carbocycles. The van der Waals surface area contributed by atoms with Crippen LogP contribution >= 0.6 is 0 Å². The van der Waals surface area contributed by atoms with Crippen molar-refractivity contribution in [1.29, 1.82) is 0 Å². The second-order valence-electron chi connectivity index (χ2n) is 10.2. The molecule has 0 radical (unpaired) electrons. The van der Waals surface area contributed by atoms with Crippen molar-refractivity contribution >= 4 is 0 Å². The second-order valence-corrected chi connectivity index (χ2v) is 10.2. The van der Waals surface area contributed by atoms with Crippen LogP contribution in [0.5, 0.6) is 0 Å². The van der Waals surface area contributed by atoms with Crippen LogP contribution in [0.1, 0.15) is 74.7 Å². The first-order valence-electron chi connectivity index (χ1n) is 10.5. The highest BCUT2D eigenvalue weighted by atomic mass is 16.3. The van der Waals surface area contributed by atoms with Crippen molar-refractivity contribution in [3.8, 4) is 0 Å². The molecule has 0 amide bonds. The largest absolute Gasteiger partial charge is 0.512 e. The van der Waals surface area contributed by atoms with Crippen molar-refractivity contribution in [2.24, 2.45) is 33.5 Å². The number of aliphatic hydroxyl groups excluding tert-OH is 2. The number of rotatable bonds is 6. The van der Waals surface area contributed by atoms with Gasteiger partial charge in [0, 0.05) is 10.8 Å². The monoisotopic (exact) mass is 372 g/mol. The minimum atomic E-state index is -0.321. The zero-order chi connectivity index (χ0) is 20.7. The fourth-order valence-corrected chi connectivity index (χ4v) is 5.01. The molecule has 0 aromatic carbocycles. The average Bonchev–Trinajstić information content (AvgIpc) is 2.62. The fourth-order valence-electron chi connectivity index (χ4n) is 5.01. The first kappa shape index (κ1) is 21.9. The van der Waals surface area contributed by atoms with Crippen LogP contribution < -0.4 is 0 Å². The van der Waals surface area contributed by atoms with E-state index in [2.05, 4.69) is 67.5 Å². The van der Waals surface area contributed by atoms with Crippen LogP contribution in [0.15, 0.2) is 48.0 Å². The minimum absolute atomic E-state index is 0.0318. The van der Waals surface area contributed by atoms with Gasteiger partial charge in [-0.25, -0.2) is 0 Å². The summed E-state index contributed by atoms with van der Waals surface area (Å²) < 4.78 is 0. The van der Waals surface area contributed by atoms with Crippen molar-refractivity contribution < 1.29 is 10.2 Å². The van der Waals surface area contributed by atoms with Gasteiger partial charge in [-0.2, -0.15) is 0 Å². The molecule has 0 saturated heterocycles. The summed E-state index contributed by atoms with van der Waals surface area (Å²) in [5, 5.41) is 21.8. The number of hydrogen-bond acceptors (Lipinski definition) is 2. The maximum atomic E-state index is 10.9. The lowest BCUT2D eigenvalue weighted by Crippen LogP contribution is -2.48. The van der Waals surface area contributed by atoms with Gasteiger partial charge in [-0.05, 0) is 41.2 Å². The fraction of sp³-hybridized carbons (Fsp3) is 0.680. The lowest BCUT2D eigenvalue weighted by Gasteiger charge is -2.53. The van der Waals surface area contributed by atoms with Crippen LogP contribution in [0.3, 0.4) is 0 Å². The zero-order valence-electron chi connectivity index (χ0n) is 18.6. The molecular weight excluding hydrogens is 332 g/mol. The van der Waals surface area contributed by atoms with E-state index in [9.17, 15) is 10.2 Å². The van der Waals surface area contributed by atoms with Crippen LogP contribution in [-0.2, 0) is 0 Å². The first-order valence-corrected chi connectivity index (χ1v) is 10.5. The average molecular weight is 373 g/mol. The molecule has 152 valence electrons. The summed E-state index contributed by atoms with van der Waals surface area (Å²) in [7, 11) is 0. The summed E-state index contributed by atoms with van der Waals surface area (Å²) in [6, 6.07) is 0. The Kier molecular flexibility index (Phi) is 5.82. The summed E-state index contributed by atoms with van der Waals surface area (Å²) in [5.74, 6) is 1.39. The highest BCUT2D eigenvalue weighted by Gasteiger charge is 2.53. The van der Waals surface area contributed by atoms with Gasteiger partial charge in [0.1, 0.15) is 0 Å². The van der Waals surface area contributed by atoms with E-state index in [1.54, 1.807) is 0 Å². The van der Waals surface area contributed by atoms with E-state index < -0.39 is 0 Å². The Morgan fingerprint density at radius 3 is 1.41 bits per heavy atom. The number of allylic oxidation sites excluding steroid dienone is 8. The van der Waals surface area contributed by atoms with Gasteiger partial charge in [-0.15, -0.1) is 0 Å². The molecule has 2 heteroatoms. The van der Waals surface area contributed by atoms with Crippen LogP contribution in [0.25, 0.3) is 0 Å². The molecule has 2 rings (SSSR count). The third-order valence-corrected chi connectivity index (χ3v) is 8.83. The third kappa shape index (κ3) is 3.19. The van der Waals surface area contributed by atoms with E-state index >= 15 is 0 Å². The molecular formula is C25H40O2. The zero-order valence-corrected chi connectivity index (χ0v) is 18.6. The highest BCUT2D eigenvalue weighted by molar-refractivity contribution is 5.30. The molecule has 0 bridgehead atoms. The van der Waals surface area contributed by atoms with Gasteiger partial charge in [0.15, 0.2) is 0 Å². The summed E-state index contributed by atoms with van der Waals surface area (Å²) in [6.45, 7) is 17.8. The molecule has 0 aromatic rings. The molecule has 0 spiro atoms. The van der Waals surface area contributed by atoms with Crippen LogP contribution in [0, 0.1) is 33.5 Å². The van der Waals surface area contributed by atoms with Crippen LogP contribution in [-0.4, -0.2) is 10.2 Å². The van der Waals surface area contributed by atoms with Crippen LogP contribution in [0.2, 0.25) is 0 Å². The minimum Gasteiger partial charge on any atom is -0.512 e. The van der Waals surface area contributed by atoms with E-state index in [1.807, 2.05) is 24.3 Å². The number of hydrogen-bond donors (Lipinski definition) is 2. The summed E-state index contributed by atoms with van der Waals surface area (Å²) in [4.78, 5) is 0. The van der Waals surface area contributed by atoms with Gasteiger partial charge in [0.05, 0.1) is 11.5 Å². The lowest BCUT2D eigenvalue weighted by atomic mass is 9.51. The summed E-state index contributed by atoms with van der Waals surface area (Å²) >= 11 is 0. The molecule has 4 atom stereocenters. The topological polar surface area (TPSA) is 40.5 Å². The molecule has 0 heterocycles. The van der Waals surface area contributed by atoms with Gasteiger partial charge in [-0.3, -0.25) is 0 Å². The van der Waals surface area contributed by atoms with E-state index in [0.29, 0.717) is 11.5 Å². The molecule has 0 saturated carbocycles. The highest BCUT2D eigenvalue weighted by Crippen LogP contribution is 2.59. The van der Waals surface area contributed by atoms with Crippen molar-refractivity contribution in [1.82, 2.24) is 0 Å². The SMILES string of the molecule is CCC(C)(C)C1(C)C(O)=CC=CC1CC1C=CC=C(O)C1(C)C(C)(C)CC. The molecule has 2 N–H and O–H groups in total. The van der Waals surface area contributed by atoms with Crippen LogP contribution in [0.4, 0.5) is 0 Å². The quantitative estimate of drug-likeness (QED) is 0.506. The van der Waals surface area contributed by atoms with Gasteiger partial charge in [0.2, 0.25) is 0 Å². The van der Waals surface area contributed by atoms with Gasteiger partial charge < -0.3 is 10.2 Å². The van der Waals surface area contributed by atoms with Crippen molar-refractivity contribution in [3.05, 3.63) is 48.0 Å². The van der Waals surface area contributed by atoms with E-state index in [1.165, 1.54) is 0 Å². The van der Waals surface area contributed by atoms with E-state index in [0.717, 1.165) is 19.3 Å². The predicted molar refractivity (Wildman–Crippen MR) is 116 cm³/mol. The molecule has 0 fully saturated rings. The molecule has 0 aliphatic heterocycles. The maximum absolute atomic E-state index is 10.9. The maximum Gasteiger partial charge on any atom is 0.0992 e. The summed E-state index contributed by atoms with van der Waals surface area (Å²) in [6.07, 6.45) is 15.1. The van der Waals surface area contributed by atoms with E-state index in [-0.39, 0.29) is 33.5 Å². The van der Waals surface area contributed by atoms with Gasteiger partial charge >= 0.3 is 0 Å². The Hall–Kier alpha value is -1.44. The molecule has 0 aromatic heterocycles. The van der Waals surface area contributed by atoms with Crippen molar-refractivity contribution in [2.75, 3.05) is 0 Å². The van der Waals surface area contributed by atoms with Crippen molar-refractivity contribution in [3.63, 3.8) is 0 Å². The smallest absolute Gasteiger partial charge is 0.0992 e. The Labute approximate surface area is 166 Å². The number of aliphatic hydroxyl groups is 2. The molecule has 4 unspecified atom stereocenters. The van der Waals surface area contributed by atoms with Gasteiger partial charge in [0.25, 0.3) is 0 Å².